The van der Waals surface area contributed by atoms with Crippen molar-refractivity contribution in [3.8, 4) is 11.5 Å². The van der Waals surface area contributed by atoms with E-state index in [2.05, 4.69) is 0 Å². The third-order valence-electron chi connectivity index (χ3n) is 2.98. The van der Waals surface area contributed by atoms with Gasteiger partial charge in [-0.05, 0) is 18.2 Å². The third kappa shape index (κ3) is 3.33. The van der Waals surface area contributed by atoms with E-state index in [1.807, 2.05) is 0 Å². The number of anilines is 1. The second-order valence-electron chi connectivity index (χ2n) is 4.33. The van der Waals surface area contributed by atoms with E-state index in [0.717, 1.165) is 0 Å². The molecule has 2 aromatic rings. The Balaban J connectivity index is 2.30. The lowest BCUT2D eigenvalue weighted by Gasteiger charge is -2.10. The zero-order valence-electron chi connectivity index (χ0n) is 11.8. The molecule has 112 valence electrons. The lowest BCUT2D eigenvalue weighted by atomic mass is 10.2. The molecule has 6 heteroatoms. The lowest BCUT2D eigenvalue weighted by Crippen LogP contribution is -2.03. The Bertz CT molecular complexity index is 676. The maximum Gasteiger partial charge on any atom is 0.169 e. The monoisotopic (exact) mass is 309 g/mol. The van der Waals surface area contributed by atoms with Crippen LogP contribution in [-0.4, -0.2) is 18.4 Å². The maximum absolute atomic E-state index is 14.1. The van der Waals surface area contributed by atoms with E-state index in [9.17, 15) is 8.60 Å². The standard InChI is InChI=1S/C15H16FNO3S/c1-19-12-5-3-4-10(15(12)16)9-21(18)14-7-6-11(17)8-13(14)20-2/h3-8H,9,17H2,1-2H3. The molecule has 4 nitrogen and oxygen atoms in total. The van der Waals surface area contributed by atoms with Gasteiger partial charge in [-0.1, -0.05) is 12.1 Å². The number of halogens is 1. The van der Waals surface area contributed by atoms with Crippen molar-refractivity contribution < 1.29 is 18.1 Å². The highest BCUT2D eigenvalue weighted by molar-refractivity contribution is 7.84. The van der Waals surface area contributed by atoms with Crippen molar-refractivity contribution >= 4 is 16.5 Å². The Morgan fingerprint density at radius 1 is 1.14 bits per heavy atom. The van der Waals surface area contributed by atoms with Crippen molar-refractivity contribution in [2.24, 2.45) is 0 Å². The van der Waals surface area contributed by atoms with E-state index in [0.29, 0.717) is 21.9 Å². The smallest absolute Gasteiger partial charge is 0.169 e. The molecule has 0 aliphatic heterocycles. The first-order valence-corrected chi connectivity index (χ1v) is 7.52. The van der Waals surface area contributed by atoms with Crippen LogP contribution < -0.4 is 15.2 Å². The molecule has 0 saturated carbocycles. The lowest BCUT2D eigenvalue weighted by molar-refractivity contribution is 0.385. The summed E-state index contributed by atoms with van der Waals surface area (Å²) in [5, 5.41) is 0. The van der Waals surface area contributed by atoms with Crippen LogP contribution in [0.2, 0.25) is 0 Å². The third-order valence-corrected chi connectivity index (χ3v) is 4.38. The Morgan fingerprint density at radius 3 is 2.52 bits per heavy atom. The van der Waals surface area contributed by atoms with E-state index < -0.39 is 16.6 Å². The molecule has 0 aliphatic rings. The first-order valence-electron chi connectivity index (χ1n) is 6.20. The first-order chi connectivity index (χ1) is 10.1. The molecule has 2 rings (SSSR count). The van der Waals surface area contributed by atoms with Crippen molar-refractivity contribution in [3.63, 3.8) is 0 Å². The normalized spacial score (nSPS) is 12.0. The minimum absolute atomic E-state index is 0.0311. The Hall–Kier alpha value is -2.08. The number of benzene rings is 2. The zero-order valence-corrected chi connectivity index (χ0v) is 12.6. The predicted octanol–water partition coefficient (Wildman–Crippen LogP) is 2.73. The number of nitrogen functional groups attached to an aromatic ring is 1. The van der Waals surface area contributed by atoms with Gasteiger partial charge in [0.25, 0.3) is 0 Å². The number of nitrogens with two attached hydrogens (primary N) is 1. The largest absolute Gasteiger partial charge is 0.495 e. The Labute approximate surface area is 125 Å². The van der Waals surface area contributed by atoms with E-state index in [-0.39, 0.29) is 11.5 Å². The minimum atomic E-state index is -1.45. The van der Waals surface area contributed by atoms with Crippen molar-refractivity contribution in [1.82, 2.24) is 0 Å². The van der Waals surface area contributed by atoms with Crippen LogP contribution in [0.1, 0.15) is 5.56 Å². The van der Waals surface area contributed by atoms with Gasteiger partial charge in [0.1, 0.15) is 5.75 Å². The summed E-state index contributed by atoms with van der Waals surface area (Å²) in [6.45, 7) is 0. The quantitative estimate of drug-likeness (QED) is 0.863. The average Bonchev–Trinajstić information content (AvgIpc) is 2.49. The predicted molar refractivity (Wildman–Crippen MR) is 80.5 cm³/mol. The SMILES string of the molecule is COc1cc(N)ccc1S(=O)Cc1cccc(OC)c1F. The molecular weight excluding hydrogens is 293 g/mol. The molecule has 2 N–H and O–H groups in total. The van der Waals surface area contributed by atoms with Gasteiger partial charge in [-0.3, -0.25) is 4.21 Å². The number of ether oxygens (including phenoxy) is 2. The van der Waals surface area contributed by atoms with Crippen LogP contribution in [-0.2, 0) is 16.6 Å². The molecule has 0 aromatic heterocycles. The topological polar surface area (TPSA) is 61.5 Å². The van der Waals surface area contributed by atoms with Crippen LogP contribution in [0.25, 0.3) is 0 Å². The van der Waals surface area contributed by atoms with Crippen LogP contribution in [0.3, 0.4) is 0 Å². The van der Waals surface area contributed by atoms with Crippen molar-refractivity contribution in [2.75, 3.05) is 20.0 Å². The number of hydrogen-bond acceptors (Lipinski definition) is 4. The Kier molecular flexibility index (Phi) is 4.80. The van der Waals surface area contributed by atoms with Gasteiger partial charge in [0.15, 0.2) is 11.6 Å². The van der Waals surface area contributed by atoms with Gasteiger partial charge in [0.05, 0.1) is 35.7 Å². The molecule has 0 saturated heterocycles. The van der Waals surface area contributed by atoms with Crippen LogP contribution in [0.4, 0.5) is 10.1 Å². The van der Waals surface area contributed by atoms with Crippen LogP contribution in [0.15, 0.2) is 41.3 Å². The van der Waals surface area contributed by atoms with Crippen molar-refractivity contribution in [2.45, 2.75) is 10.6 Å². The van der Waals surface area contributed by atoms with Crippen LogP contribution in [0.5, 0.6) is 11.5 Å². The first kappa shape index (κ1) is 15.3. The summed E-state index contributed by atoms with van der Waals surface area (Å²) in [7, 11) is 1.41. The molecule has 0 fully saturated rings. The summed E-state index contributed by atoms with van der Waals surface area (Å²) in [5.41, 5.74) is 6.50. The fourth-order valence-electron chi connectivity index (χ4n) is 1.92. The van der Waals surface area contributed by atoms with Gasteiger partial charge >= 0.3 is 0 Å². The molecule has 0 aliphatic carbocycles. The molecule has 1 unspecified atom stereocenters. The number of hydrogen-bond donors (Lipinski definition) is 1. The summed E-state index contributed by atoms with van der Waals surface area (Å²) in [6, 6.07) is 9.62. The number of rotatable bonds is 5. The van der Waals surface area contributed by atoms with Gasteiger partial charge in [0.2, 0.25) is 0 Å². The van der Waals surface area contributed by atoms with E-state index in [1.165, 1.54) is 20.3 Å². The summed E-state index contributed by atoms with van der Waals surface area (Å²) < 4.78 is 36.6. The second kappa shape index (κ2) is 6.58. The molecule has 0 bridgehead atoms. The highest BCUT2D eigenvalue weighted by Crippen LogP contribution is 2.28. The summed E-state index contributed by atoms with van der Waals surface area (Å²) in [4.78, 5) is 0.480. The maximum atomic E-state index is 14.1. The van der Waals surface area contributed by atoms with E-state index >= 15 is 0 Å². The van der Waals surface area contributed by atoms with Crippen molar-refractivity contribution in [3.05, 3.63) is 47.8 Å². The van der Waals surface area contributed by atoms with Crippen molar-refractivity contribution in [1.29, 1.82) is 0 Å². The Morgan fingerprint density at radius 2 is 1.86 bits per heavy atom. The summed E-state index contributed by atoms with van der Waals surface area (Å²) >= 11 is 0. The van der Waals surface area contributed by atoms with Gasteiger partial charge < -0.3 is 15.2 Å². The fraction of sp³-hybridized carbons (Fsp3) is 0.200. The highest BCUT2D eigenvalue weighted by atomic mass is 32.2. The minimum Gasteiger partial charge on any atom is -0.495 e. The fourth-order valence-corrected chi connectivity index (χ4v) is 3.16. The summed E-state index contributed by atoms with van der Waals surface area (Å²) in [6.07, 6.45) is 0. The van der Waals surface area contributed by atoms with E-state index in [4.69, 9.17) is 15.2 Å². The van der Waals surface area contributed by atoms with E-state index in [1.54, 1.807) is 30.3 Å². The van der Waals surface area contributed by atoms with Crippen LogP contribution in [0, 0.1) is 5.82 Å². The zero-order chi connectivity index (χ0) is 15.4. The molecule has 0 spiro atoms. The molecule has 21 heavy (non-hydrogen) atoms. The second-order valence-corrected chi connectivity index (χ2v) is 5.75. The molecular formula is C15H16FNO3S. The molecule has 2 aromatic carbocycles. The summed E-state index contributed by atoms with van der Waals surface area (Å²) in [5.74, 6) is 0.0942. The molecule has 0 heterocycles. The van der Waals surface area contributed by atoms with Gasteiger partial charge in [-0.25, -0.2) is 4.39 Å². The molecule has 0 amide bonds. The molecule has 1 atom stereocenters. The number of methoxy groups -OCH3 is 2. The highest BCUT2D eigenvalue weighted by Gasteiger charge is 2.15. The van der Waals surface area contributed by atoms with Gasteiger partial charge in [0, 0.05) is 17.3 Å². The average molecular weight is 309 g/mol. The van der Waals surface area contributed by atoms with Gasteiger partial charge in [-0.15, -0.1) is 0 Å². The molecule has 0 radical (unpaired) electrons. The van der Waals surface area contributed by atoms with Gasteiger partial charge in [-0.2, -0.15) is 0 Å². The van der Waals surface area contributed by atoms with Crippen LogP contribution >= 0.6 is 0 Å².